The van der Waals surface area contributed by atoms with Crippen LogP contribution in [0.4, 0.5) is 0 Å². The highest BCUT2D eigenvalue weighted by Gasteiger charge is 2.46. The highest BCUT2D eigenvalue weighted by atomic mass is 32.2. The average molecular weight is 371 g/mol. The van der Waals surface area contributed by atoms with Gasteiger partial charge in [0.05, 0.1) is 35.1 Å². The van der Waals surface area contributed by atoms with E-state index in [-0.39, 0.29) is 30.0 Å². The average Bonchev–Trinajstić information content (AvgIpc) is 2.91. The number of rotatable bonds is 9. The molecule has 0 radical (unpaired) electrons. The van der Waals surface area contributed by atoms with Crippen LogP contribution in [0.25, 0.3) is 0 Å². The van der Waals surface area contributed by atoms with Crippen molar-refractivity contribution in [2.24, 2.45) is 11.7 Å². The van der Waals surface area contributed by atoms with E-state index in [9.17, 15) is 18.3 Å². The molecule has 0 aromatic heterocycles. The molecule has 0 bridgehead atoms. The number of sulfone groups is 1. The summed E-state index contributed by atoms with van der Waals surface area (Å²) in [4.78, 5) is 11.2. The van der Waals surface area contributed by atoms with Crippen molar-refractivity contribution in [3.8, 4) is 0 Å². The Morgan fingerprint density at radius 1 is 1.32 bits per heavy atom. The number of aldehydes is 1. The quantitative estimate of drug-likeness (QED) is 0.594. The number of nitrogens with two attached hydrogens (primary N) is 1. The fraction of sp³-hybridized carbons (Fsp3) is 0.588. The third-order valence-electron chi connectivity index (χ3n) is 4.51. The molecule has 0 spiro atoms. The minimum atomic E-state index is -3.56. The van der Waals surface area contributed by atoms with Crippen LogP contribution in [-0.2, 0) is 24.1 Å². The third kappa shape index (κ3) is 4.86. The second-order valence-corrected chi connectivity index (χ2v) is 8.23. The summed E-state index contributed by atoms with van der Waals surface area (Å²) in [5.74, 6) is -0.696. The van der Waals surface area contributed by atoms with Crippen molar-refractivity contribution in [2.45, 2.75) is 42.2 Å². The van der Waals surface area contributed by atoms with Crippen LogP contribution in [0.5, 0.6) is 0 Å². The van der Waals surface area contributed by atoms with E-state index in [2.05, 4.69) is 0 Å². The van der Waals surface area contributed by atoms with Crippen molar-refractivity contribution in [3.63, 3.8) is 0 Å². The molecule has 5 atom stereocenters. The maximum absolute atomic E-state index is 12.7. The van der Waals surface area contributed by atoms with Crippen molar-refractivity contribution >= 4 is 16.1 Å². The molecule has 1 aliphatic heterocycles. The lowest BCUT2D eigenvalue weighted by molar-refractivity contribution is -0.110. The van der Waals surface area contributed by atoms with Crippen molar-refractivity contribution < 1.29 is 27.8 Å². The van der Waals surface area contributed by atoms with E-state index in [1.165, 1.54) is 19.2 Å². The first-order chi connectivity index (χ1) is 11.9. The largest absolute Gasteiger partial charge is 0.392 e. The zero-order valence-corrected chi connectivity index (χ0v) is 15.0. The molecule has 1 heterocycles. The molecule has 1 saturated heterocycles. The topological polar surface area (TPSA) is 116 Å². The molecular weight excluding hydrogens is 346 g/mol. The first-order valence-electron chi connectivity index (χ1n) is 8.20. The van der Waals surface area contributed by atoms with Crippen LogP contribution in [0.1, 0.15) is 12.8 Å². The molecule has 0 amide bonds. The van der Waals surface area contributed by atoms with Crippen LogP contribution in [0.3, 0.4) is 0 Å². The second-order valence-electron chi connectivity index (χ2n) is 6.20. The Bertz CT molecular complexity index is 650. The van der Waals surface area contributed by atoms with Gasteiger partial charge in [0.15, 0.2) is 9.84 Å². The number of ether oxygens (including phenoxy) is 2. The fourth-order valence-corrected chi connectivity index (χ4v) is 4.95. The van der Waals surface area contributed by atoms with E-state index < -0.39 is 40.2 Å². The minimum Gasteiger partial charge on any atom is -0.392 e. The summed E-state index contributed by atoms with van der Waals surface area (Å²) in [6, 6.07) is 8.15. The summed E-state index contributed by atoms with van der Waals surface area (Å²) in [5.41, 5.74) is 5.44. The van der Waals surface area contributed by atoms with Gasteiger partial charge in [-0.3, -0.25) is 0 Å². The summed E-state index contributed by atoms with van der Waals surface area (Å²) < 4.78 is 36.8. The molecule has 1 aromatic rings. The molecule has 140 valence electrons. The molecule has 25 heavy (non-hydrogen) atoms. The Morgan fingerprint density at radius 3 is 2.56 bits per heavy atom. The number of aliphatic hydroxyl groups excluding tert-OH is 1. The normalized spacial score (nSPS) is 28.0. The highest BCUT2D eigenvalue weighted by Crippen LogP contribution is 2.35. The number of hydrogen-bond acceptors (Lipinski definition) is 7. The molecular formula is C17H25NO6S. The van der Waals surface area contributed by atoms with Gasteiger partial charge in [0, 0.05) is 32.4 Å². The first kappa shape index (κ1) is 20.0. The Kier molecular flexibility index (Phi) is 7.09. The standard InChI is InChI=1S/C17H25NO6S/c1-23-17-14(11-25(21,22)13-5-3-2-4-6-13)15(7-8-19)24-16(17)9-12(20)10-18/h2-6,8,12,14-17,20H,7,9-11,18H2,1H3/t12-,14-,15-,16+,17+/m0/s1. The molecule has 7 nitrogen and oxygen atoms in total. The zero-order chi connectivity index (χ0) is 18.4. The van der Waals surface area contributed by atoms with Crippen LogP contribution in [-0.4, -0.2) is 63.6 Å². The maximum Gasteiger partial charge on any atom is 0.178 e. The number of hydrogen-bond donors (Lipinski definition) is 2. The monoisotopic (exact) mass is 371 g/mol. The smallest absolute Gasteiger partial charge is 0.178 e. The van der Waals surface area contributed by atoms with Crippen LogP contribution in [0.15, 0.2) is 35.2 Å². The lowest BCUT2D eigenvalue weighted by Gasteiger charge is -2.23. The van der Waals surface area contributed by atoms with E-state index in [1.807, 2.05) is 0 Å². The second kappa shape index (κ2) is 8.86. The van der Waals surface area contributed by atoms with Gasteiger partial charge in [0.25, 0.3) is 0 Å². The SMILES string of the molecule is CO[C@@H]1[C@@H](CS(=O)(=O)c2ccccc2)[C@H](CC=O)O[C@@H]1C[C@H](O)CN. The summed E-state index contributed by atoms with van der Waals surface area (Å²) >= 11 is 0. The van der Waals surface area contributed by atoms with Crippen LogP contribution < -0.4 is 5.73 Å². The van der Waals surface area contributed by atoms with E-state index >= 15 is 0 Å². The number of benzene rings is 1. The van der Waals surface area contributed by atoms with Gasteiger partial charge in [-0.2, -0.15) is 0 Å². The van der Waals surface area contributed by atoms with Gasteiger partial charge in [-0.25, -0.2) is 8.42 Å². The first-order valence-corrected chi connectivity index (χ1v) is 9.86. The number of aliphatic hydroxyl groups is 1. The van der Waals surface area contributed by atoms with Gasteiger partial charge in [-0.05, 0) is 12.1 Å². The van der Waals surface area contributed by atoms with Gasteiger partial charge in [0.2, 0.25) is 0 Å². The Morgan fingerprint density at radius 2 is 2.00 bits per heavy atom. The maximum atomic E-state index is 12.7. The fourth-order valence-electron chi connectivity index (χ4n) is 3.28. The van der Waals surface area contributed by atoms with Gasteiger partial charge in [0.1, 0.15) is 6.29 Å². The van der Waals surface area contributed by atoms with Gasteiger partial charge < -0.3 is 25.1 Å². The van der Waals surface area contributed by atoms with Gasteiger partial charge in [-0.1, -0.05) is 18.2 Å². The molecule has 0 saturated carbocycles. The summed E-state index contributed by atoms with van der Waals surface area (Å²) in [5, 5.41) is 9.80. The van der Waals surface area contributed by atoms with Crippen LogP contribution in [0, 0.1) is 5.92 Å². The van der Waals surface area contributed by atoms with Crippen molar-refractivity contribution in [1.82, 2.24) is 0 Å². The molecule has 1 aliphatic rings. The van der Waals surface area contributed by atoms with Crippen molar-refractivity contribution in [1.29, 1.82) is 0 Å². The van der Waals surface area contributed by atoms with E-state index in [4.69, 9.17) is 15.2 Å². The number of methoxy groups -OCH3 is 1. The lowest BCUT2D eigenvalue weighted by atomic mass is 9.94. The van der Waals surface area contributed by atoms with E-state index in [0.29, 0.717) is 6.29 Å². The van der Waals surface area contributed by atoms with Crippen molar-refractivity contribution in [2.75, 3.05) is 19.4 Å². The van der Waals surface area contributed by atoms with Crippen LogP contribution in [0.2, 0.25) is 0 Å². The molecule has 0 aliphatic carbocycles. The third-order valence-corrected chi connectivity index (χ3v) is 6.32. The van der Waals surface area contributed by atoms with Crippen LogP contribution >= 0.6 is 0 Å². The molecule has 8 heteroatoms. The molecule has 1 fully saturated rings. The predicted octanol–water partition coefficient (Wildman–Crippen LogP) is 0.158. The molecule has 0 unspecified atom stereocenters. The Labute approximate surface area is 148 Å². The zero-order valence-electron chi connectivity index (χ0n) is 14.2. The summed E-state index contributed by atoms with van der Waals surface area (Å²) in [6.45, 7) is 0.0711. The molecule has 1 aromatic carbocycles. The minimum absolute atomic E-state index is 0.0711. The molecule has 3 N–H and O–H groups in total. The van der Waals surface area contributed by atoms with Gasteiger partial charge >= 0.3 is 0 Å². The predicted molar refractivity (Wildman–Crippen MR) is 91.8 cm³/mol. The molecule has 2 rings (SSSR count). The summed E-state index contributed by atoms with van der Waals surface area (Å²) in [6.07, 6.45) is -1.38. The number of carbonyl (C=O) groups excluding carboxylic acids is 1. The highest BCUT2D eigenvalue weighted by molar-refractivity contribution is 7.91. The van der Waals surface area contributed by atoms with Gasteiger partial charge in [-0.15, -0.1) is 0 Å². The number of carbonyl (C=O) groups is 1. The Hall–Kier alpha value is -1.32. The lowest BCUT2D eigenvalue weighted by Crippen LogP contribution is -2.37. The van der Waals surface area contributed by atoms with E-state index in [0.717, 1.165) is 0 Å². The summed E-state index contributed by atoms with van der Waals surface area (Å²) in [7, 11) is -2.09. The van der Waals surface area contributed by atoms with E-state index in [1.54, 1.807) is 18.2 Å². The van der Waals surface area contributed by atoms with Crippen molar-refractivity contribution in [3.05, 3.63) is 30.3 Å². The Balaban J connectivity index is 2.23.